The van der Waals surface area contributed by atoms with Gasteiger partial charge in [0.15, 0.2) is 0 Å². The van der Waals surface area contributed by atoms with E-state index in [1.165, 1.54) is 0 Å². The van der Waals surface area contributed by atoms with Crippen LogP contribution in [0.2, 0.25) is 0 Å². The first-order valence-electron chi connectivity index (χ1n) is 14.4. The van der Waals surface area contributed by atoms with Gasteiger partial charge in [-0.3, -0.25) is 33.6 Å². The van der Waals surface area contributed by atoms with Crippen molar-refractivity contribution in [2.24, 2.45) is 17.4 Å². The average Bonchev–Trinajstić information content (AvgIpc) is 2.99. The number of hydrogen-bond acceptors (Lipinski definition) is 12. The Balaban J connectivity index is 6.12. The number of carboxylic acid groups (broad SMARTS) is 3. The van der Waals surface area contributed by atoms with Crippen LogP contribution in [0, 0.1) is 5.92 Å². The maximum atomic E-state index is 13.2. The van der Waals surface area contributed by atoms with Gasteiger partial charge in [0.05, 0.1) is 18.9 Å². The van der Waals surface area contributed by atoms with Gasteiger partial charge in [0.1, 0.15) is 30.2 Å². The van der Waals surface area contributed by atoms with E-state index in [1.54, 1.807) is 13.8 Å². The molecule has 7 atom stereocenters. The van der Waals surface area contributed by atoms with Crippen molar-refractivity contribution in [2.75, 3.05) is 18.1 Å². The van der Waals surface area contributed by atoms with Crippen LogP contribution in [0.25, 0.3) is 0 Å². The number of carboxylic acids is 3. The van der Waals surface area contributed by atoms with Crippen LogP contribution in [-0.4, -0.2) is 117 Å². The maximum absolute atomic E-state index is 13.2. The quantitative estimate of drug-likeness (QED) is 0.0371. The van der Waals surface area contributed by atoms with Crippen molar-refractivity contribution in [3.8, 4) is 0 Å². The van der Waals surface area contributed by atoms with Crippen LogP contribution >= 0.6 is 25.3 Å². The molecule has 0 bridgehead atoms. The molecule has 0 unspecified atom stereocenters. The zero-order chi connectivity index (χ0) is 35.6. The number of carbonyl (C=O) groups is 8. The van der Waals surface area contributed by atoms with Crippen LogP contribution in [0.5, 0.6) is 0 Å². The summed E-state index contributed by atoms with van der Waals surface area (Å²) < 4.78 is 0. The summed E-state index contributed by atoms with van der Waals surface area (Å²) in [5.41, 5.74) is 11.2. The second-order valence-corrected chi connectivity index (χ2v) is 11.1. The predicted molar refractivity (Wildman–Crippen MR) is 170 cm³/mol. The molecule has 0 aliphatic rings. The molecule has 0 heterocycles. The molecule has 18 nitrogen and oxygen atoms in total. The van der Waals surface area contributed by atoms with Crippen LogP contribution in [-0.2, 0) is 38.4 Å². The SMILES string of the molecule is CC[C@H](C)[C@H](NC(=O)[C@@H](N)CS)C(=O)N[C@@H](CC(=O)O)C(=O)N[C@@H](CC(=O)O)C(=O)N[C@@H](CCCCN)C(=O)N[C@@H](CS)C(=O)O. The van der Waals surface area contributed by atoms with Gasteiger partial charge in [0.2, 0.25) is 29.5 Å². The van der Waals surface area contributed by atoms with E-state index < -0.39 is 102 Å². The summed E-state index contributed by atoms with van der Waals surface area (Å²) in [6.07, 6.45) is -0.905. The molecule has 0 aromatic rings. The molecule has 0 fully saturated rings. The third-order valence-corrected chi connectivity index (χ3v) is 7.49. The molecule has 0 aromatic carbocycles. The molecule has 0 spiro atoms. The Hall–Kier alpha value is -3.62. The van der Waals surface area contributed by atoms with Crippen molar-refractivity contribution in [1.29, 1.82) is 0 Å². The summed E-state index contributed by atoms with van der Waals surface area (Å²) >= 11 is 7.82. The van der Waals surface area contributed by atoms with Crippen LogP contribution < -0.4 is 38.1 Å². The van der Waals surface area contributed by atoms with E-state index in [4.69, 9.17) is 11.5 Å². The molecular weight excluding hydrogens is 650 g/mol. The van der Waals surface area contributed by atoms with Gasteiger partial charge in [-0.1, -0.05) is 20.3 Å². The first-order valence-corrected chi connectivity index (χ1v) is 15.6. The van der Waals surface area contributed by atoms with Crippen molar-refractivity contribution < 1.29 is 53.7 Å². The lowest BCUT2D eigenvalue weighted by molar-refractivity contribution is -0.144. The molecule has 0 aliphatic heterocycles. The fraction of sp³-hybridized carbons (Fsp3) is 0.692. The van der Waals surface area contributed by atoms with Gasteiger partial charge in [-0.15, -0.1) is 0 Å². The fourth-order valence-corrected chi connectivity index (χ4v) is 4.25. The first-order chi connectivity index (χ1) is 21.5. The summed E-state index contributed by atoms with van der Waals surface area (Å²) in [7, 11) is 0. The zero-order valence-electron chi connectivity index (χ0n) is 25.6. The average molecular weight is 696 g/mol. The van der Waals surface area contributed by atoms with E-state index in [2.05, 4.69) is 51.8 Å². The first kappa shape index (κ1) is 42.4. The number of nitrogens with two attached hydrogens (primary N) is 2. The summed E-state index contributed by atoms with van der Waals surface area (Å²) in [5, 5.41) is 39.3. The smallest absolute Gasteiger partial charge is 0.327 e. The number of hydrogen-bond donors (Lipinski definition) is 12. The summed E-state index contributed by atoms with van der Waals surface area (Å²) in [6, 6.07) is -8.77. The Morgan fingerprint density at radius 1 is 0.652 bits per heavy atom. The topological polar surface area (TPSA) is 309 Å². The molecule has 46 heavy (non-hydrogen) atoms. The summed E-state index contributed by atoms with van der Waals surface area (Å²) in [4.78, 5) is 99.2. The molecule has 5 amide bonds. The monoisotopic (exact) mass is 695 g/mol. The lowest BCUT2D eigenvalue weighted by Gasteiger charge is -2.28. The van der Waals surface area contributed by atoms with E-state index in [1.807, 2.05) is 0 Å². The van der Waals surface area contributed by atoms with Crippen LogP contribution in [0.15, 0.2) is 0 Å². The van der Waals surface area contributed by atoms with Crippen LogP contribution in [0.1, 0.15) is 52.4 Å². The van der Waals surface area contributed by atoms with Crippen molar-refractivity contribution in [3.05, 3.63) is 0 Å². The molecule has 20 heteroatoms. The largest absolute Gasteiger partial charge is 0.481 e. The van der Waals surface area contributed by atoms with E-state index >= 15 is 0 Å². The maximum Gasteiger partial charge on any atom is 0.327 e. The molecular formula is C26H45N7O11S2. The lowest BCUT2D eigenvalue weighted by atomic mass is 9.97. The van der Waals surface area contributed by atoms with Crippen LogP contribution in [0.3, 0.4) is 0 Å². The highest BCUT2D eigenvalue weighted by molar-refractivity contribution is 7.80. The van der Waals surface area contributed by atoms with Gasteiger partial charge in [-0.05, 0) is 31.7 Å². The van der Waals surface area contributed by atoms with Gasteiger partial charge < -0.3 is 53.4 Å². The minimum Gasteiger partial charge on any atom is -0.481 e. The molecule has 0 rings (SSSR count). The van der Waals surface area contributed by atoms with E-state index in [9.17, 15) is 53.7 Å². The summed E-state index contributed by atoms with van der Waals surface area (Å²) in [6.45, 7) is 3.58. The van der Waals surface area contributed by atoms with E-state index in [-0.39, 0.29) is 24.5 Å². The Morgan fingerprint density at radius 2 is 1.11 bits per heavy atom. The van der Waals surface area contributed by atoms with Gasteiger partial charge >= 0.3 is 17.9 Å². The predicted octanol–water partition coefficient (Wildman–Crippen LogP) is -3.19. The van der Waals surface area contributed by atoms with Gasteiger partial charge in [0, 0.05) is 11.5 Å². The van der Waals surface area contributed by atoms with Crippen molar-refractivity contribution in [1.82, 2.24) is 26.6 Å². The van der Waals surface area contributed by atoms with Gasteiger partial charge in [-0.25, -0.2) is 4.79 Å². The molecule has 0 aliphatic carbocycles. The molecule has 12 N–H and O–H groups in total. The molecule has 0 saturated heterocycles. The standard InChI is InChI=1S/C26H45N7O11S2/c1-3-12(2)20(33-21(38)13(28)10-45)25(42)31-16(9-19(36)37)24(41)30-15(8-18(34)35)23(40)29-14(6-4-5-7-27)22(39)32-17(11-46)26(43)44/h12-17,20,45-46H,3-11,27-28H2,1-2H3,(H,29,40)(H,30,41)(H,31,42)(H,32,39)(H,33,38)(H,34,35)(H,36,37)(H,43,44)/t12-,13-,14-,15-,16-,17-,20-/m0/s1. The number of nitrogens with one attached hydrogen (secondary N) is 5. The third kappa shape index (κ3) is 15.6. The second-order valence-electron chi connectivity index (χ2n) is 10.4. The van der Waals surface area contributed by atoms with E-state index in [0.717, 1.165) is 0 Å². The highest BCUT2D eigenvalue weighted by Crippen LogP contribution is 2.10. The van der Waals surface area contributed by atoms with E-state index in [0.29, 0.717) is 19.3 Å². The lowest BCUT2D eigenvalue weighted by Crippen LogP contribution is -2.60. The van der Waals surface area contributed by atoms with Crippen molar-refractivity contribution in [2.45, 2.75) is 88.6 Å². The minimum absolute atomic E-state index is 0.0291. The van der Waals surface area contributed by atoms with Crippen molar-refractivity contribution >= 4 is 72.7 Å². The number of unbranched alkanes of at least 4 members (excludes halogenated alkanes) is 1. The molecule has 0 radical (unpaired) electrons. The second kappa shape index (κ2) is 22.0. The van der Waals surface area contributed by atoms with Gasteiger partial charge in [0.25, 0.3) is 0 Å². The normalized spacial score (nSPS) is 15.4. The van der Waals surface area contributed by atoms with Gasteiger partial charge in [-0.2, -0.15) is 25.3 Å². The third-order valence-electron chi connectivity index (χ3n) is 6.73. The molecule has 0 aromatic heterocycles. The fourth-order valence-electron chi connectivity index (χ4n) is 3.84. The highest BCUT2D eigenvalue weighted by Gasteiger charge is 2.35. The molecule has 262 valence electrons. The number of aliphatic carboxylic acids is 3. The Labute approximate surface area is 276 Å². The molecule has 0 saturated carbocycles. The number of thiol groups is 2. The summed E-state index contributed by atoms with van der Waals surface area (Å²) in [5.74, 6) is -10.3. The number of rotatable bonds is 23. The van der Waals surface area contributed by atoms with Crippen LogP contribution in [0.4, 0.5) is 0 Å². The number of amides is 5. The Kier molecular flexibility index (Phi) is 20.3. The zero-order valence-corrected chi connectivity index (χ0v) is 27.4. The Bertz CT molecular complexity index is 1100. The minimum atomic E-state index is -1.86. The van der Waals surface area contributed by atoms with Crippen molar-refractivity contribution in [3.63, 3.8) is 0 Å². The Morgan fingerprint density at radius 3 is 1.52 bits per heavy atom. The number of carbonyl (C=O) groups excluding carboxylic acids is 5. The highest BCUT2D eigenvalue weighted by atomic mass is 32.1.